The quantitative estimate of drug-likeness (QED) is 0.492. The molecule has 6 nitrogen and oxygen atoms in total. The first-order valence-electron chi connectivity index (χ1n) is 10.9. The summed E-state index contributed by atoms with van der Waals surface area (Å²) in [5, 5.41) is 0. The summed E-state index contributed by atoms with van der Waals surface area (Å²) in [5.41, 5.74) is 1.90. The van der Waals surface area contributed by atoms with Crippen LogP contribution in [0.4, 0.5) is 0 Å². The topological polar surface area (TPSA) is 54.9 Å². The van der Waals surface area contributed by atoms with E-state index in [1.807, 2.05) is 66.4 Å². The highest BCUT2D eigenvalue weighted by Crippen LogP contribution is 2.21. The van der Waals surface area contributed by atoms with Crippen LogP contribution in [0.25, 0.3) is 0 Å². The molecule has 1 fully saturated rings. The molecular weight excluding hydrogens is 422 g/mol. The highest BCUT2D eigenvalue weighted by molar-refractivity contribution is 7.13. The zero-order valence-corrected chi connectivity index (χ0v) is 19.2. The van der Waals surface area contributed by atoms with Crippen molar-refractivity contribution in [1.82, 2.24) is 14.8 Å². The van der Waals surface area contributed by atoms with Crippen molar-refractivity contribution in [1.29, 1.82) is 0 Å². The highest BCUT2D eigenvalue weighted by Gasteiger charge is 2.19. The molecule has 32 heavy (non-hydrogen) atoms. The van der Waals surface area contributed by atoms with Gasteiger partial charge in [0.2, 0.25) is 0 Å². The van der Waals surface area contributed by atoms with Crippen LogP contribution in [0.15, 0.2) is 60.8 Å². The van der Waals surface area contributed by atoms with Crippen LogP contribution in [0.5, 0.6) is 5.75 Å². The minimum atomic E-state index is 0.0207. The maximum Gasteiger partial charge on any atom is 0.264 e. The summed E-state index contributed by atoms with van der Waals surface area (Å²) >= 11 is 1.52. The summed E-state index contributed by atoms with van der Waals surface area (Å²) in [5.74, 6) is 0.848. The van der Waals surface area contributed by atoms with E-state index in [0.717, 1.165) is 59.6 Å². The normalized spacial score (nSPS) is 14.3. The fourth-order valence-corrected chi connectivity index (χ4v) is 4.50. The Kier molecular flexibility index (Phi) is 7.87. The average Bonchev–Trinajstić information content (AvgIpc) is 3.26. The minimum Gasteiger partial charge on any atom is -0.492 e. The van der Waals surface area contributed by atoms with Crippen molar-refractivity contribution in [2.75, 3.05) is 39.5 Å². The third kappa shape index (κ3) is 6.38. The molecule has 1 aliphatic heterocycles. The van der Waals surface area contributed by atoms with Gasteiger partial charge in [0, 0.05) is 37.3 Å². The van der Waals surface area contributed by atoms with Gasteiger partial charge in [-0.05, 0) is 48.9 Å². The van der Waals surface area contributed by atoms with Gasteiger partial charge >= 0.3 is 0 Å². The second kappa shape index (κ2) is 11.2. The van der Waals surface area contributed by atoms with Gasteiger partial charge < -0.3 is 14.4 Å². The van der Waals surface area contributed by atoms with Crippen LogP contribution in [0.3, 0.4) is 0 Å². The summed E-state index contributed by atoms with van der Waals surface area (Å²) in [4.78, 5) is 23.7. The fraction of sp³-hybridized carbons (Fsp3) is 0.360. The van der Waals surface area contributed by atoms with Crippen LogP contribution >= 0.6 is 11.3 Å². The van der Waals surface area contributed by atoms with Gasteiger partial charge in [0.15, 0.2) is 0 Å². The lowest BCUT2D eigenvalue weighted by atomic mass is 10.2. The van der Waals surface area contributed by atoms with Gasteiger partial charge in [-0.2, -0.15) is 0 Å². The molecule has 7 heteroatoms. The molecule has 0 unspecified atom stereocenters. The van der Waals surface area contributed by atoms with Gasteiger partial charge in [0.25, 0.3) is 5.91 Å². The van der Waals surface area contributed by atoms with Gasteiger partial charge in [0.05, 0.1) is 30.3 Å². The Morgan fingerprint density at radius 1 is 1.12 bits per heavy atom. The molecule has 3 aromatic rings. The summed E-state index contributed by atoms with van der Waals surface area (Å²) in [7, 11) is 0. The number of ether oxygens (including phenoxy) is 2. The van der Waals surface area contributed by atoms with Crippen molar-refractivity contribution in [3.8, 4) is 5.75 Å². The van der Waals surface area contributed by atoms with Crippen molar-refractivity contribution in [3.05, 3.63) is 81.8 Å². The molecule has 1 aromatic carbocycles. The first kappa shape index (κ1) is 22.5. The Labute approximate surface area is 193 Å². The fourth-order valence-electron chi connectivity index (χ4n) is 3.66. The Bertz CT molecular complexity index is 1000. The van der Waals surface area contributed by atoms with Crippen molar-refractivity contribution in [2.45, 2.75) is 20.0 Å². The van der Waals surface area contributed by atoms with E-state index < -0.39 is 0 Å². The van der Waals surface area contributed by atoms with Crippen LogP contribution in [0.2, 0.25) is 0 Å². The van der Waals surface area contributed by atoms with Crippen LogP contribution in [-0.2, 0) is 17.8 Å². The summed E-state index contributed by atoms with van der Waals surface area (Å²) in [6, 6.07) is 17.7. The molecule has 1 aliphatic rings. The zero-order chi connectivity index (χ0) is 22.2. The molecule has 168 valence electrons. The van der Waals surface area contributed by atoms with E-state index in [0.29, 0.717) is 19.7 Å². The molecule has 0 N–H and O–H groups in total. The van der Waals surface area contributed by atoms with Gasteiger partial charge in [-0.25, -0.2) is 0 Å². The lowest BCUT2D eigenvalue weighted by Crippen LogP contribution is -2.38. The van der Waals surface area contributed by atoms with Crippen molar-refractivity contribution >= 4 is 17.2 Å². The first-order chi connectivity index (χ1) is 15.7. The molecule has 0 radical (unpaired) electrons. The second-order valence-corrected chi connectivity index (χ2v) is 9.13. The lowest BCUT2D eigenvalue weighted by Gasteiger charge is -2.26. The van der Waals surface area contributed by atoms with Crippen molar-refractivity contribution < 1.29 is 14.3 Å². The molecule has 0 atom stereocenters. The molecule has 0 saturated carbocycles. The number of thiophene rings is 1. The van der Waals surface area contributed by atoms with Gasteiger partial charge in [-0.15, -0.1) is 11.3 Å². The number of morpholine rings is 1. The second-order valence-electron chi connectivity index (χ2n) is 7.84. The van der Waals surface area contributed by atoms with E-state index in [1.54, 1.807) is 6.20 Å². The van der Waals surface area contributed by atoms with Crippen molar-refractivity contribution in [2.24, 2.45) is 0 Å². The van der Waals surface area contributed by atoms with E-state index in [2.05, 4.69) is 9.88 Å². The van der Waals surface area contributed by atoms with Crippen molar-refractivity contribution in [3.63, 3.8) is 0 Å². The molecular formula is C25H29N3O3S. The molecule has 3 heterocycles. The maximum atomic E-state index is 13.3. The zero-order valence-electron chi connectivity index (χ0n) is 18.4. The number of hydrogen-bond acceptors (Lipinski definition) is 6. The lowest BCUT2D eigenvalue weighted by molar-refractivity contribution is 0.0322. The Morgan fingerprint density at radius 2 is 2.00 bits per heavy atom. The minimum absolute atomic E-state index is 0.0207. The summed E-state index contributed by atoms with van der Waals surface area (Å²) < 4.78 is 11.4. The predicted molar refractivity (Wildman–Crippen MR) is 126 cm³/mol. The van der Waals surface area contributed by atoms with E-state index in [1.165, 1.54) is 11.3 Å². The molecule has 4 rings (SSSR count). The molecule has 1 amide bonds. The number of pyridine rings is 1. The van der Waals surface area contributed by atoms with Crippen LogP contribution < -0.4 is 4.74 Å². The number of benzene rings is 1. The smallest absolute Gasteiger partial charge is 0.264 e. The van der Waals surface area contributed by atoms with Gasteiger partial charge in [0.1, 0.15) is 12.4 Å². The number of amides is 1. The number of hydrogen-bond donors (Lipinski definition) is 0. The third-order valence-electron chi connectivity index (χ3n) is 5.37. The van der Waals surface area contributed by atoms with Crippen LogP contribution in [0, 0.1) is 6.92 Å². The van der Waals surface area contributed by atoms with E-state index in [9.17, 15) is 4.79 Å². The van der Waals surface area contributed by atoms with Gasteiger partial charge in [-0.3, -0.25) is 14.7 Å². The van der Waals surface area contributed by atoms with E-state index >= 15 is 0 Å². The van der Waals surface area contributed by atoms with Crippen LogP contribution in [-0.4, -0.2) is 60.1 Å². The Balaban J connectivity index is 1.42. The number of aromatic nitrogens is 1. The monoisotopic (exact) mass is 451 g/mol. The molecule has 0 aliphatic carbocycles. The summed E-state index contributed by atoms with van der Waals surface area (Å²) in [6.45, 7) is 7.98. The number of carbonyl (C=O) groups is 1. The number of carbonyl (C=O) groups excluding carboxylic acids is 1. The van der Waals surface area contributed by atoms with Gasteiger partial charge in [-0.1, -0.05) is 18.2 Å². The van der Waals surface area contributed by atoms with E-state index in [4.69, 9.17) is 9.47 Å². The highest BCUT2D eigenvalue weighted by atomic mass is 32.1. The standard InChI is InChI=1S/C25H29N3O3S/c1-20-8-9-24(32-20)25(29)28(19-22-6-2-3-10-26-22)18-21-5-4-7-23(17-21)31-16-13-27-11-14-30-15-12-27/h2-10,17H,11-16,18-19H2,1H3. The van der Waals surface area contributed by atoms with E-state index in [-0.39, 0.29) is 5.91 Å². The molecule has 0 spiro atoms. The van der Waals surface area contributed by atoms with Crippen LogP contribution in [0.1, 0.15) is 25.8 Å². The summed E-state index contributed by atoms with van der Waals surface area (Å²) in [6.07, 6.45) is 1.76. The number of rotatable bonds is 9. The average molecular weight is 452 g/mol. The third-order valence-corrected chi connectivity index (χ3v) is 6.36. The molecule has 1 saturated heterocycles. The number of nitrogens with zero attached hydrogens (tertiary/aromatic N) is 3. The Morgan fingerprint density at radius 3 is 2.75 bits per heavy atom. The SMILES string of the molecule is Cc1ccc(C(=O)N(Cc2cccc(OCCN3CCOCC3)c2)Cc2ccccn2)s1. The number of aryl methyl sites for hydroxylation is 1. The largest absolute Gasteiger partial charge is 0.492 e. The maximum absolute atomic E-state index is 13.3. The predicted octanol–water partition coefficient (Wildman–Crippen LogP) is 4.01. The molecule has 0 bridgehead atoms. The first-order valence-corrected chi connectivity index (χ1v) is 11.8. The molecule has 2 aromatic heterocycles. The Hall–Kier alpha value is -2.74.